The molecule has 0 saturated carbocycles. The van der Waals surface area contributed by atoms with Crippen molar-refractivity contribution in [1.29, 1.82) is 0 Å². The lowest BCUT2D eigenvalue weighted by atomic mass is 10.3. The van der Waals surface area contributed by atoms with E-state index in [2.05, 4.69) is 0 Å². The molecule has 0 atom stereocenters. The maximum Gasteiger partial charge on any atom is 0.313 e. The van der Waals surface area contributed by atoms with Gasteiger partial charge in [0.25, 0.3) is 0 Å². The Labute approximate surface area is 78.2 Å². The van der Waals surface area contributed by atoms with Gasteiger partial charge in [-0.25, -0.2) is 0 Å². The third-order valence-corrected chi connectivity index (χ3v) is 1.28. The SMILES string of the molecule is CCCOC(=O)CC(=O)COCC. The van der Waals surface area contributed by atoms with Crippen molar-refractivity contribution in [2.45, 2.75) is 26.7 Å². The zero-order valence-corrected chi connectivity index (χ0v) is 8.17. The number of hydrogen-bond acceptors (Lipinski definition) is 4. The minimum Gasteiger partial charge on any atom is -0.465 e. The van der Waals surface area contributed by atoms with E-state index < -0.39 is 5.97 Å². The molecule has 4 nitrogen and oxygen atoms in total. The summed E-state index contributed by atoms with van der Waals surface area (Å²) >= 11 is 0. The highest BCUT2D eigenvalue weighted by Gasteiger charge is 2.09. The lowest BCUT2D eigenvalue weighted by molar-refractivity contribution is -0.146. The predicted molar refractivity (Wildman–Crippen MR) is 47.4 cm³/mol. The van der Waals surface area contributed by atoms with E-state index in [4.69, 9.17) is 9.47 Å². The van der Waals surface area contributed by atoms with Crippen LogP contribution in [0, 0.1) is 0 Å². The monoisotopic (exact) mass is 188 g/mol. The molecule has 0 aliphatic rings. The molecular formula is C9H16O4. The summed E-state index contributed by atoms with van der Waals surface area (Å²) in [6.07, 6.45) is 0.589. The van der Waals surface area contributed by atoms with Crippen LogP contribution in [0.3, 0.4) is 0 Å². The Morgan fingerprint density at radius 1 is 1.23 bits per heavy atom. The number of Topliss-reactive ketones (excluding diaryl/α,β-unsaturated/α-hetero) is 1. The van der Waals surface area contributed by atoms with Gasteiger partial charge in [0.05, 0.1) is 6.61 Å². The van der Waals surface area contributed by atoms with Crippen molar-refractivity contribution in [3.63, 3.8) is 0 Å². The summed E-state index contributed by atoms with van der Waals surface area (Å²) in [7, 11) is 0. The molecule has 4 heteroatoms. The number of hydrogen-bond donors (Lipinski definition) is 0. The lowest BCUT2D eigenvalue weighted by Crippen LogP contribution is -2.16. The van der Waals surface area contributed by atoms with Crippen LogP contribution in [0.15, 0.2) is 0 Å². The summed E-state index contributed by atoms with van der Waals surface area (Å²) in [6.45, 7) is 4.55. The predicted octanol–water partition coefficient (Wildman–Crippen LogP) is 0.935. The normalized spacial score (nSPS) is 9.69. The van der Waals surface area contributed by atoms with E-state index in [9.17, 15) is 9.59 Å². The minimum absolute atomic E-state index is 0.00226. The van der Waals surface area contributed by atoms with Gasteiger partial charge in [0, 0.05) is 6.61 Å². The molecule has 0 fully saturated rings. The topological polar surface area (TPSA) is 52.6 Å². The summed E-state index contributed by atoms with van der Waals surface area (Å²) in [5.41, 5.74) is 0. The second kappa shape index (κ2) is 7.73. The van der Waals surface area contributed by atoms with Crippen LogP contribution in [0.25, 0.3) is 0 Å². The molecule has 13 heavy (non-hydrogen) atoms. The van der Waals surface area contributed by atoms with Crippen molar-refractivity contribution >= 4 is 11.8 Å². The van der Waals surface area contributed by atoms with Crippen molar-refractivity contribution in [1.82, 2.24) is 0 Å². The van der Waals surface area contributed by atoms with Crippen LogP contribution in [-0.4, -0.2) is 31.6 Å². The van der Waals surface area contributed by atoms with E-state index in [-0.39, 0.29) is 18.8 Å². The van der Waals surface area contributed by atoms with E-state index in [0.29, 0.717) is 13.2 Å². The highest BCUT2D eigenvalue weighted by Crippen LogP contribution is 1.91. The molecule has 0 unspecified atom stereocenters. The standard InChI is InChI=1S/C9H16O4/c1-3-5-13-9(11)6-8(10)7-12-4-2/h3-7H2,1-2H3. The van der Waals surface area contributed by atoms with Gasteiger partial charge < -0.3 is 9.47 Å². The molecule has 0 spiro atoms. The Morgan fingerprint density at radius 3 is 2.46 bits per heavy atom. The van der Waals surface area contributed by atoms with Crippen LogP contribution in [0.5, 0.6) is 0 Å². The van der Waals surface area contributed by atoms with E-state index in [1.807, 2.05) is 6.92 Å². The minimum atomic E-state index is -0.466. The number of rotatable bonds is 7. The molecule has 0 aromatic rings. The van der Waals surface area contributed by atoms with Crippen LogP contribution in [0.2, 0.25) is 0 Å². The molecule has 0 aromatic carbocycles. The Balaban J connectivity index is 3.47. The number of carbonyl (C=O) groups excluding carboxylic acids is 2. The van der Waals surface area contributed by atoms with Crippen LogP contribution < -0.4 is 0 Å². The molecule has 0 amide bonds. The molecule has 0 rings (SSSR count). The van der Waals surface area contributed by atoms with Gasteiger partial charge in [-0.05, 0) is 13.3 Å². The first-order chi connectivity index (χ1) is 6.20. The fourth-order valence-electron chi connectivity index (χ4n) is 0.695. The van der Waals surface area contributed by atoms with E-state index in [1.165, 1.54) is 0 Å². The van der Waals surface area contributed by atoms with Gasteiger partial charge in [-0.3, -0.25) is 9.59 Å². The van der Waals surface area contributed by atoms with Gasteiger partial charge >= 0.3 is 5.97 Å². The molecular weight excluding hydrogens is 172 g/mol. The smallest absolute Gasteiger partial charge is 0.313 e. The van der Waals surface area contributed by atoms with Crippen LogP contribution in [0.4, 0.5) is 0 Å². The summed E-state index contributed by atoms with van der Waals surface area (Å²) < 4.78 is 9.57. The molecule has 76 valence electrons. The third-order valence-electron chi connectivity index (χ3n) is 1.28. The van der Waals surface area contributed by atoms with Gasteiger partial charge in [-0.2, -0.15) is 0 Å². The first kappa shape index (κ1) is 12.1. The van der Waals surface area contributed by atoms with Crippen molar-refractivity contribution in [2.24, 2.45) is 0 Å². The summed E-state index contributed by atoms with van der Waals surface area (Å²) in [4.78, 5) is 21.8. The zero-order valence-electron chi connectivity index (χ0n) is 8.17. The van der Waals surface area contributed by atoms with Gasteiger partial charge in [0.15, 0.2) is 5.78 Å². The second-order valence-electron chi connectivity index (χ2n) is 2.57. The van der Waals surface area contributed by atoms with Crippen LogP contribution in [-0.2, 0) is 19.1 Å². The quantitative estimate of drug-likeness (QED) is 0.440. The molecule has 0 aliphatic carbocycles. The Bertz CT molecular complexity index is 147. The average Bonchev–Trinajstić information content (AvgIpc) is 2.11. The average molecular weight is 188 g/mol. The molecule has 0 N–H and O–H groups in total. The lowest BCUT2D eigenvalue weighted by Gasteiger charge is -2.02. The van der Waals surface area contributed by atoms with E-state index in [1.54, 1.807) is 6.92 Å². The van der Waals surface area contributed by atoms with Crippen molar-refractivity contribution in [3.05, 3.63) is 0 Å². The molecule has 0 saturated heterocycles. The Kier molecular flexibility index (Phi) is 7.20. The zero-order chi connectivity index (χ0) is 10.1. The fourth-order valence-corrected chi connectivity index (χ4v) is 0.695. The maximum absolute atomic E-state index is 10.9. The fraction of sp³-hybridized carbons (Fsp3) is 0.778. The van der Waals surface area contributed by atoms with E-state index in [0.717, 1.165) is 6.42 Å². The van der Waals surface area contributed by atoms with Crippen molar-refractivity contribution in [3.8, 4) is 0 Å². The third kappa shape index (κ3) is 7.46. The van der Waals surface area contributed by atoms with Crippen molar-refractivity contribution in [2.75, 3.05) is 19.8 Å². The Morgan fingerprint density at radius 2 is 1.92 bits per heavy atom. The van der Waals surface area contributed by atoms with Crippen LogP contribution in [0.1, 0.15) is 26.7 Å². The number of ketones is 1. The van der Waals surface area contributed by atoms with Gasteiger partial charge in [0.1, 0.15) is 13.0 Å². The number of carbonyl (C=O) groups is 2. The first-order valence-electron chi connectivity index (χ1n) is 4.45. The highest BCUT2D eigenvalue weighted by molar-refractivity contribution is 5.96. The van der Waals surface area contributed by atoms with Gasteiger partial charge in [-0.1, -0.05) is 6.92 Å². The summed E-state index contributed by atoms with van der Waals surface area (Å²) in [5.74, 6) is -0.700. The first-order valence-corrected chi connectivity index (χ1v) is 4.45. The van der Waals surface area contributed by atoms with Crippen molar-refractivity contribution < 1.29 is 19.1 Å². The number of esters is 1. The summed E-state index contributed by atoms with van der Waals surface area (Å²) in [6, 6.07) is 0. The molecule has 0 heterocycles. The molecule has 0 radical (unpaired) electrons. The number of ether oxygens (including phenoxy) is 2. The molecule has 0 aliphatic heterocycles. The Hall–Kier alpha value is -0.900. The maximum atomic E-state index is 10.9. The van der Waals surface area contributed by atoms with E-state index >= 15 is 0 Å². The van der Waals surface area contributed by atoms with Crippen LogP contribution >= 0.6 is 0 Å². The molecule has 0 bridgehead atoms. The summed E-state index contributed by atoms with van der Waals surface area (Å²) in [5, 5.41) is 0. The second-order valence-corrected chi connectivity index (χ2v) is 2.57. The van der Waals surface area contributed by atoms with Gasteiger partial charge in [-0.15, -0.1) is 0 Å². The van der Waals surface area contributed by atoms with Gasteiger partial charge in [0.2, 0.25) is 0 Å². The highest BCUT2D eigenvalue weighted by atomic mass is 16.5. The molecule has 0 aromatic heterocycles. The largest absolute Gasteiger partial charge is 0.465 e.